The predicted octanol–water partition coefficient (Wildman–Crippen LogP) is 2.81. The van der Waals surface area contributed by atoms with Crippen LogP contribution in [0.5, 0.6) is 0 Å². The molecule has 1 aromatic rings. The Bertz CT molecular complexity index is 504. The molecule has 0 aromatic heterocycles. The Morgan fingerprint density at radius 2 is 1.84 bits per heavy atom. The van der Waals surface area contributed by atoms with Crippen LogP contribution in [0.2, 0.25) is 0 Å². The number of piperidine rings is 1. The van der Waals surface area contributed by atoms with Crippen LogP contribution in [-0.4, -0.2) is 23.9 Å². The number of hydrogen-bond acceptors (Lipinski definition) is 2. The van der Waals surface area contributed by atoms with E-state index in [-0.39, 0.29) is 11.1 Å². The predicted molar refractivity (Wildman–Crippen MR) is 69.7 cm³/mol. The topological polar surface area (TPSA) is 46.3 Å². The average Bonchev–Trinajstić information content (AvgIpc) is 2.34. The van der Waals surface area contributed by atoms with Crippen molar-refractivity contribution >= 4 is 11.6 Å². The molecule has 3 nitrogen and oxygen atoms in total. The first-order valence-electron chi connectivity index (χ1n) is 6.34. The van der Waals surface area contributed by atoms with Crippen molar-refractivity contribution in [3.05, 3.63) is 29.3 Å². The van der Waals surface area contributed by atoms with Crippen molar-refractivity contribution in [3.63, 3.8) is 0 Å². The highest BCUT2D eigenvalue weighted by Crippen LogP contribution is 2.31. The summed E-state index contributed by atoms with van der Waals surface area (Å²) in [5.41, 5.74) is 4.81. The minimum absolute atomic E-state index is 0.170. The van der Waals surface area contributed by atoms with Crippen LogP contribution >= 0.6 is 0 Å². The molecule has 0 radical (unpaired) electrons. The summed E-state index contributed by atoms with van der Waals surface area (Å²) in [5.74, 6) is -2.44. The highest BCUT2D eigenvalue weighted by molar-refractivity contribution is 5.95. The number of likely N-dealkylation sites (tertiary alicyclic amines) is 1. The second-order valence-electron chi connectivity index (χ2n) is 5.78. The first-order valence-corrected chi connectivity index (χ1v) is 6.34. The van der Waals surface area contributed by atoms with Crippen LogP contribution < -0.4 is 5.73 Å². The Hall–Kier alpha value is -1.65. The zero-order valence-corrected chi connectivity index (χ0v) is 11.2. The lowest BCUT2D eigenvalue weighted by molar-refractivity contribution is 0.0621. The largest absolute Gasteiger partial charge is 0.396 e. The minimum atomic E-state index is -0.963. The number of carbonyl (C=O) groups excluding carboxylic acids is 1. The number of rotatable bonds is 1. The third kappa shape index (κ3) is 2.69. The number of nitrogens with two attached hydrogens (primary N) is 1. The van der Waals surface area contributed by atoms with Crippen LogP contribution in [0.15, 0.2) is 12.1 Å². The van der Waals surface area contributed by atoms with E-state index in [0.717, 1.165) is 25.0 Å². The standard InChI is InChI=1S/C14H18F2N2O/c1-14(2)5-7-18(8-6-14)13(19)11-9(15)3-4-10(17)12(11)16/h3-4H,5-8,17H2,1-2H3. The molecule has 1 saturated heterocycles. The first kappa shape index (κ1) is 13.8. The van der Waals surface area contributed by atoms with Crippen LogP contribution in [0.3, 0.4) is 0 Å². The second kappa shape index (κ2) is 4.79. The van der Waals surface area contributed by atoms with Crippen molar-refractivity contribution in [2.45, 2.75) is 26.7 Å². The van der Waals surface area contributed by atoms with Crippen molar-refractivity contribution in [3.8, 4) is 0 Å². The van der Waals surface area contributed by atoms with Crippen LogP contribution in [-0.2, 0) is 0 Å². The quantitative estimate of drug-likeness (QED) is 0.796. The average molecular weight is 268 g/mol. The highest BCUT2D eigenvalue weighted by Gasteiger charge is 2.31. The van der Waals surface area contributed by atoms with Crippen molar-refractivity contribution in [1.82, 2.24) is 4.90 Å². The fourth-order valence-corrected chi connectivity index (χ4v) is 2.24. The van der Waals surface area contributed by atoms with Gasteiger partial charge in [0, 0.05) is 13.1 Å². The highest BCUT2D eigenvalue weighted by atomic mass is 19.1. The molecule has 0 saturated carbocycles. The molecule has 1 fully saturated rings. The molecule has 0 spiro atoms. The molecule has 1 heterocycles. The molecule has 1 aliphatic rings. The van der Waals surface area contributed by atoms with Crippen LogP contribution in [0.4, 0.5) is 14.5 Å². The molecule has 0 unspecified atom stereocenters. The molecule has 19 heavy (non-hydrogen) atoms. The number of amides is 1. The van der Waals surface area contributed by atoms with Gasteiger partial charge in [0.05, 0.1) is 5.69 Å². The number of benzene rings is 1. The molecule has 1 amide bonds. The summed E-state index contributed by atoms with van der Waals surface area (Å²) in [7, 11) is 0. The zero-order valence-electron chi connectivity index (χ0n) is 11.2. The Balaban J connectivity index is 2.24. The van der Waals surface area contributed by atoms with Gasteiger partial charge >= 0.3 is 0 Å². The maximum atomic E-state index is 13.8. The van der Waals surface area contributed by atoms with Gasteiger partial charge < -0.3 is 10.6 Å². The van der Waals surface area contributed by atoms with Crippen molar-refractivity contribution in [2.24, 2.45) is 5.41 Å². The van der Waals surface area contributed by atoms with Crippen LogP contribution in [0.1, 0.15) is 37.0 Å². The summed E-state index contributed by atoms with van der Waals surface area (Å²) in [6.07, 6.45) is 1.65. The van der Waals surface area contributed by atoms with E-state index in [9.17, 15) is 13.6 Å². The molecule has 2 N–H and O–H groups in total. The van der Waals surface area contributed by atoms with Gasteiger partial charge in [0.15, 0.2) is 5.82 Å². The van der Waals surface area contributed by atoms with Crippen molar-refractivity contribution in [2.75, 3.05) is 18.8 Å². The van der Waals surface area contributed by atoms with E-state index in [4.69, 9.17) is 5.73 Å². The Kier molecular flexibility index (Phi) is 3.47. The summed E-state index contributed by atoms with van der Waals surface area (Å²) >= 11 is 0. The van der Waals surface area contributed by atoms with Gasteiger partial charge in [-0.05, 0) is 30.4 Å². The van der Waals surface area contributed by atoms with Gasteiger partial charge in [-0.15, -0.1) is 0 Å². The molecule has 0 atom stereocenters. The van der Waals surface area contributed by atoms with Crippen molar-refractivity contribution in [1.29, 1.82) is 0 Å². The summed E-state index contributed by atoms with van der Waals surface area (Å²) in [6, 6.07) is 2.15. The summed E-state index contributed by atoms with van der Waals surface area (Å²) in [4.78, 5) is 13.7. The third-order valence-electron chi connectivity index (χ3n) is 3.74. The molecule has 104 valence electrons. The van der Waals surface area contributed by atoms with E-state index in [1.165, 1.54) is 4.90 Å². The smallest absolute Gasteiger partial charge is 0.259 e. The maximum Gasteiger partial charge on any atom is 0.259 e. The van der Waals surface area contributed by atoms with E-state index in [1.807, 2.05) is 0 Å². The Morgan fingerprint density at radius 3 is 2.42 bits per heavy atom. The maximum absolute atomic E-state index is 13.8. The van der Waals surface area contributed by atoms with Crippen molar-refractivity contribution < 1.29 is 13.6 Å². The Labute approximate surface area is 111 Å². The molecular formula is C14H18F2N2O. The van der Waals surface area contributed by atoms with E-state index < -0.39 is 23.1 Å². The van der Waals surface area contributed by atoms with E-state index >= 15 is 0 Å². The number of anilines is 1. The molecule has 5 heteroatoms. The molecule has 0 aliphatic carbocycles. The minimum Gasteiger partial charge on any atom is -0.396 e. The lowest BCUT2D eigenvalue weighted by atomic mass is 9.82. The zero-order chi connectivity index (χ0) is 14.2. The molecule has 1 aliphatic heterocycles. The van der Waals surface area contributed by atoms with E-state index in [0.29, 0.717) is 13.1 Å². The summed E-state index contributed by atoms with van der Waals surface area (Å²) < 4.78 is 27.5. The van der Waals surface area contributed by atoms with Gasteiger partial charge in [-0.25, -0.2) is 8.78 Å². The summed E-state index contributed by atoms with van der Waals surface area (Å²) in [5, 5.41) is 0. The van der Waals surface area contributed by atoms with Gasteiger partial charge in [0.25, 0.3) is 5.91 Å². The molecule has 2 rings (SSSR count). The third-order valence-corrected chi connectivity index (χ3v) is 3.74. The normalized spacial score (nSPS) is 18.4. The van der Waals surface area contributed by atoms with Gasteiger partial charge in [-0.2, -0.15) is 0 Å². The Morgan fingerprint density at radius 1 is 1.26 bits per heavy atom. The molecule has 0 bridgehead atoms. The van der Waals surface area contributed by atoms with Crippen LogP contribution in [0, 0.1) is 17.0 Å². The lowest BCUT2D eigenvalue weighted by Crippen LogP contribution is -2.41. The fourth-order valence-electron chi connectivity index (χ4n) is 2.24. The number of hydrogen-bond donors (Lipinski definition) is 1. The van der Waals surface area contributed by atoms with Gasteiger partial charge in [0.1, 0.15) is 11.4 Å². The molecule has 1 aromatic carbocycles. The van der Waals surface area contributed by atoms with E-state index in [1.54, 1.807) is 0 Å². The summed E-state index contributed by atoms with van der Waals surface area (Å²) in [6.45, 7) is 5.27. The van der Waals surface area contributed by atoms with Gasteiger partial charge in [0.2, 0.25) is 0 Å². The fraction of sp³-hybridized carbons (Fsp3) is 0.500. The monoisotopic (exact) mass is 268 g/mol. The number of halogens is 2. The van der Waals surface area contributed by atoms with Crippen LogP contribution in [0.25, 0.3) is 0 Å². The van der Waals surface area contributed by atoms with E-state index in [2.05, 4.69) is 13.8 Å². The van der Waals surface area contributed by atoms with Gasteiger partial charge in [-0.1, -0.05) is 13.8 Å². The van der Waals surface area contributed by atoms with Gasteiger partial charge in [-0.3, -0.25) is 4.79 Å². The number of nitrogens with zero attached hydrogens (tertiary/aromatic N) is 1. The number of nitrogen functional groups attached to an aromatic ring is 1. The number of carbonyl (C=O) groups is 1. The SMILES string of the molecule is CC1(C)CCN(C(=O)c2c(F)ccc(N)c2F)CC1. The second-order valence-corrected chi connectivity index (χ2v) is 5.78. The molecular weight excluding hydrogens is 250 g/mol. The lowest BCUT2D eigenvalue weighted by Gasteiger charge is -2.37. The first-order chi connectivity index (χ1) is 8.82.